The van der Waals surface area contributed by atoms with E-state index in [2.05, 4.69) is 35.4 Å². The number of nitrogens with zero attached hydrogens (tertiary/aromatic N) is 1. The Bertz CT molecular complexity index is 1650. The number of methoxy groups -OCH3 is 2. The average molecular weight is 723 g/mol. The molecule has 2 aromatic carbocycles. The minimum atomic E-state index is -2.64. The van der Waals surface area contributed by atoms with Crippen molar-refractivity contribution >= 4 is 23.7 Å². The molecule has 2 unspecified atom stereocenters. The molecule has 4 aliphatic rings. The number of benzene rings is 2. The van der Waals surface area contributed by atoms with Crippen molar-refractivity contribution in [2.75, 3.05) is 45.8 Å². The molecule has 10 heteroatoms. The molecule has 1 spiro atoms. The van der Waals surface area contributed by atoms with Crippen molar-refractivity contribution in [1.82, 2.24) is 4.90 Å². The van der Waals surface area contributed by atoms with E-state index in [0.717, 1.165) is 79.1 Å². The van der Waals surface area contributed by atoms with E-state index in [4.69, 9.17) is 18.9 Å². The Morgan fingerprint density at radius 2 is 1.83 bits per heavy atom. The topological polar surface area (TPSA) is 86.3 Å². The number of carbonyl (C=O) groups is 2. The summed E-state index contributed by atoms with van der Waals surface area (Å²) in [5.41, 5.74) is 5.86. The van der Waals surface area contributed by atoms with E-state index < -0.39 is 22.9 Å². The SMILES string of the molecule is COC(=O)c1ccc(C2CC3(CCN2Cc2c(OC)cc(C)c4c2C=CC(CC(=O)OC(C)(C)C)CC4)CC(F)(F)C3)c(NCC2CCOCC2)c1. The maximum absolute atomic E-state index is 14.5. The monoisotopic (exact) mass is 722 g/mol. The fraction of sp³-hybridized carbons (Fsp3) is 0.619. The number of esters is 2. The molecule has 3 fully saturated rings. The van der Waals surface area contributed by atoms with Crippen molar-refractivity contribution in [2.24, 2.45) is 17.3 Å². The summed E-state index contributed by atoms with van der Waals surface area (Å²) in [6.07, 6.45) is 9.25. The predicted molar refractivity (Wildman–Crippen MR) is 198 cm³/mol. The van der Waals surface area contributed by atoms with E-state index in [1.807, 2.05) is 32.9 Å². The van der Waals surface area contributed by atoms with Crippen molar-refractivity contribution < 1.29 is 37.3 Å². The van der Waals surface area contributed by atoms with Crippen LogP contribution in [0.15, 0.2) is 30.3 Å². The summed E-state index contributed by atoms with van der Waals surface area (Å²) in [4.78, 5) is 27.9. The molecule has 0 aromatic heterocycles. The molecule has 2 aromatic rings. The molecule has 2 saturated heterocycles. The Morgan fingerprint density at radius 1 is 1.08 bits per heavy atom. The zero-order valence-electron chi connectivity index (χ0n) is 31.7. The van der Waals surface area contributed by atoms with Gasteiger partial charge in [0.25, 0.3) is 0 Å². The van der Waals surface area contributed by atoms with Gasteiger partial charge in [-0.15, -0.1) is 0 Å². The van der Waals surface area contributed by atoms with Gasteiger partial charge in [-0.2, -0.15) is 0 Å². The quantitative estimate of drug-likeness (QED) is 0.244. The summed E-state index contributed by atoms with van der Waals surface area (Å²) >= 11 is 0. The molecule has 284 valence electrons. The van der Waals surface area contributed by atoms with Gasteiger partial charge in [-0.3, -0.25) is 9.69 Å². The van der Waals surface area contributed by atoms with Gasteiger partial charge in [-0.1, -0.05) is 18.2 Å². The Balaban J connectivity index is 1.35. The number of nitrogens with one attached hydrogen (secondary N) is 1. The maximum atomic E-state index is 14.5. The second-order valence-electron chi connectivity index (χ2n) is 16.6. The van der Waals surface area contributed by atoms with Crippen LogP contribution >= 0.6 is 0 Å². The molecule has 1 N–H and O–H groups in total. The van der Waals surface area contributed by atoms with Crippen molar-refractivity contribution in [3.8, 4) is 5.75 Å². The number of anilines is 1. The van der Waals surface area contributed by atoms with E-state index in [9.17, 15) is 18.4 Å². The molecule has 1 saturated carbocycles. The molecule has 8 nitrogen and oxygen atoms in total. The number of aryl methyl sites for hydroxylation is 1. The number of halogens is 2. The Morgan fingerprint density at radius 3 is 2.50 bits per heavy atom. The first-order valence-corrected chi connectivity index (χ1v) is 18.9. The minimum Gasteiger partial charge on any atom is -0.496 e. The largest absolute Gasteiger partial charge is 0.496 e. The van der Waals surface area contributed by atoms with E-state index in [0.29, 0.717) is 43.8 Å². The van der Waals surface area contributed by atoms with Crippen LogP contribution < -0.4 is 10.1 Å². The number of likely N-dealkylation sites (tertiary alicyclic amines) is 1. The Kier molecular flexibility index (Phi) is 11.4. The van der Waals surface area contributed by atoms with Crippen LogP contribution in [0.1, 0.15) is 116 Å². The Labute approximate surface area is 307 Å². The summed E-state index contributed by atoms with van der Waals surface area (Å²) in [6, 6.07) is 7.57. The fourth-order valence-corrected chi connectivity index (χ4v) is 8.90. The number of fused-ring (bicyclic) bond motifs is 1. The van der Waals surface area contributed by atoms with E-state index >= 15 is 0 Å². The summed E-state index contributed by atoms with van der Waals surface area (Å²) < 4.78 is 51.4. The standard InChI is InChI=1S/C42H56F2N2O6/c1-27-19-37(49-5)34(32-11-8-28(7-10-31(27)32)20-38(47)52-40(2,3)4)24-46-16-15-41(25-42(43,44)26-41)22-36(46)33-12-9-30(39(48)50-6)21-35(33)45-23-29-13-17-51-18-14-29/h8-9,11-12,19,21,28-29,36,45H,7,10,13-18,20,22-26H2,1-6H3. The number of piperidine rings is 1. The molecule has 6 rings (SSSR count). The third kappa shape index (κ3) is 8.82. The van der Waals surface area contributed by atoms with Gasteiger partial charge < -0.3 is 24.3 Å². The van der Waals surface area contributed by atoms with Crippen LogP contribution in [-0.4, -0.2) is 68.9 Å². The van der Waals surface area contributed by atoms with Gasteiger partial charge in [0.1, 0.15) is 11.4 Å². The summed E-state index contributed by atoms with van der Waals surface area (Å²) in [5.74, 6) is -1.99. The molecule has 2 aliphatic heterocycles. The van der Waals surface area contributed by atoms with Gasteiger partial charge in [-0.25, -0.2) is 13.6 Å². The first kappa shape index (κ1) is 38.2. The number of allylic oxidation sites excluding steroid dienone is 1. The third-order valence-electron chi connectivity index (χ3n) is 11.5. The van der Waals surface area contributed by atoms with Gasteiger partial charge in [-0.05, 0) is 130 Å². The molecule has 0 radical (unpaired) electrons. The predicted octanol–water partition coefficient (Wildman–Crippen LogP) is 8.69. The Hall–Kier alpha value is -3.50. The van der Waals surface area contributed by atoms with Crippen molar-refractivity contribution in [3.05, 3.63) is 63.7 Å². The smallest absolute Gasteiger partial charge is 0.337 e. The number of carbonyl (C=O) groups excluding carboxylic acids is 2. The van der Waals surface area contributed by atoms with Gasteiger partial charge in [0.15, 0.2) is 0 Å². The highest BCUT2D eigenvalue weighted by Gasteiger charge is 2.58. The summed E-state index contributed by atoms with van der Waals surface area (Å²) in [7, 11) is 3.07. The molecule has 0 amide bonds. The van der Waals surface area contributed by atoms with Crippen molar-refractivity contribution in [2.45, 2.75) is 110 Å². The van der Waals surface area contributed by atoms with Gasteiger partial charge >= 0.3 is 11.9 Å². The molecular formula is C42H56F2N2O6. The van der Waals surface area contributed by atoms with Gasteiger partial charge in [0.05, 0.1) is 26.2 Å². The molecular weight excluding hydrogens is 666 g/mol. The lowest BCUT2D eigenvalue weighted by Gasteiger charge is -2.55. The van der Waals surface area contributed by atoms with Crippen LogP contribution in [0.3, 0.4) is 0 Å². The number of alkyl halides is 2. The molecule has 2 aliphatic carbocycles. The third-order valence-corrected chi connectivity index (χ3v) is 11.5. The summed E-state index contributed by atoms with van der Waals surface area (Å²) in [6.45, 7) is 11.2. The van der Waals surface area contributed by atoms with Crippen LogP contribution in [0.5, 0.6) is 5.75 Å². The lowest BCUT2D eigenvalue weighted by atomic mass is 9.58. The van der Waals surface area contributed by atoms with Crippen LogP contribution in [0.2, 0.25) is 0 Å². The van der Waals surface area contributed by atoms with Crippen LogP contribution in [0.25, 0.3) is 6.08 Å². The molecule has 2 heterocycles. The van der Waals surface area contributed by atoms with Crippen molar-refractivity contribution in [3.63, 3.8) is 0 Å². The zero-order chi connectivity index (χ0) is 37.3. The minimum absolute atomic E-state index is 0.0426. The second-order valence-corrected chi connectivity index (χ2v) is 16.6. The molecule has 52 heavy (non-hydrogen) atoms. The summed E-state index contributed by atoms with van der Waals surface area (Å²) in [5, 5.41) is 3.67. The number of hydrogen-bond donors (Lipinski definition) is 1. The van der Waals surface area contributed by atoms with Crippen LogP contribution in [0.4, 0.5) is 14.5 Å². The number of hydrogen-bond acceptors (Lipinski definition) is 8. The highest BCUT2D eigenvalue weighted by molar-refractivity contribution is 5.90. The highest BCUT2D eigenvalue weighted by atomic mass is 19.3. The van der Waals surface area contributed by atoms with E-state index in [1.165, 1.54) is 12.7 Å². The lowest BCUT2D eigenvalue weighted by Crippen LogP contribution is -2.53. The van der Waals surface area contributed by atoms with E-state index in [-0.39, 0.29) is 30.8 Å². The van der Waals surface area contributed by atoms with Crippen LogP contribution in [-0.2, 0) is 32.0 Å². The van der Waals surface area contributed by atoms with Gasteiger partial charge in [0.2, 0.25) is 5.92 Å². The first-order valence-electron chi connectivity index (χ1n) is 18.9. The lowest BCUT2D eigenvalue weighted by molar-refractivity contribution is -0.186. The van der Waals surface area contributed by atoms with Crippen molar-refractivity contribution in [1.29, 1.82) is 0 Å². The second kappa shape index (κ2) is 15.5. The fourth-order valence-electron chi connectivity index (χ4n) is 8.90. The molecule has 0 bridgehead atoms. The average Bonchev–Trinajstić information content (AvgIpc) is 3.30. The zero-order valence-corrected chi connectivity index (χ0v) is 31.7. The maximum Gasteiger partial charge on any atom is 0.337 e. The molecule has 2 atom stereocenters. The number of ether oxygens (including phenoxy) is 4. The van der Waals surface area contributed by atoms with Gasteiger partial charge in [0, 0.05) is 56.4 Å². The van der Waals surface area contributed by atoms with Crippen LogP contribution in [0, 0.1) is 24.2 Å². The normalized spacial score (nSPS) is 22.9. The highest BCUT2D eigenvalue weighted by Crippen LogP contribution is 2.61. The first-order chi connectivity index (χ1) is 24.7. The number of rotatable bonds is 10. The van der Waals surface area contributed by atoms with E-state index in [1.54, 1.807) is 13.2 Å².